The number of hydrogen-bond donors (Lipinski definition) is 1. The van der Waals surface area contributed by atoms with E-state index < -0.39 is 0 Å². The third-order valence-electron chi connectivity index (χ3n) is 3.45. The Kier molecular flexibility index (Phi) is 6.29. The van der Waals surface area contributed by atoms with Crippen molar-refractivity contribution in [1.29, 1.82) is 0 Å². The van der Waals surface area contributed by atoms with Gasteiger partial charge in [-0.25, -0.2) is 9.97 Å². The van der Waals surface area contributed by atoms with Crippen molar-refractivity contribution in [2.75, 3.05) is 18.7 Å². The summed E-state index contributed by atoms with van der Waals surface area (Å²) in [5.41, 5.74) is 7.36. The minimum absolute atomic E-state index is 0.147. The third-order valence-corrected chi connectivity index (χ3v) is 4.68. The molecule has 2 N–H and O–H groups in total. The molecular weight excluding hydrogens is 369 g/mol. The second-order valence-electron chi connectivity index (χ2n) is 5.81. The topological polar surface area (TPSA) is 88.1 Å². The van der Waals surface area contributed by atoms with Gasteiger partial charge in [0.25, 0.3) is 0 Å². The summed E-state index contributed by atoms with van der Waals surface area (Å²) in [5, 5.41) is 0.732. The fourth-order valence-corrected chi connectivity index (χ4v) is 3.43. The van der Waals surface area contributed by atoms with Crippen LogP contribution in [0.25, 0.3) is 11.2 Å². The van der Waals surface area contributed by atoms with Gasteiger partial charge in [-0.15, -0.1) is 9.24 Å². The molecule has 2 aromatic heterocycles. The van der Waals surface area contributed by atoms with Crippen LogP contribution in [0.3, 0.4) is 0 Å². The van der Waals surface area contributed by atoms with Crippen LogP contribution in [0.15, 0.2) is 40.5 Å². The predicted octanol–water partition coefficient (Wildman–Crippen LogP) is 3.20. The summed E-state index contributed by atoms with van der Waals surface area (Å²) in [7, 11) is 2.53. The number of hydrogen-bond acceptors (Lipinski definition) is 7. The van der Waals surface area contributed by atoms with Crippen molar-refractivity contribution in [3.63, 3.8) is 0 Å². The Morgan fingerprint density at radius 1 is 1.23 bits per heavy atom. The lowest BCUT2D eigenvalue weighted by Crippen LogP contribution is -2.06. The van der Waals surface area contributed by atoms with E-state index in [2.05, 4.69) is 24.2 Å². The van der Waals surface area contributed by atoms with Crippen molar-refractivity contribution in [1.82, 2.24) is 19.5 Å². The molecule has 26 heavy (non-hydrogen) atoms. The summed E-state index contributed by atoms with van der Waals surface area (Å²) in [5.74, 6) is 1.07. The highest BCUT2D eigenvalue weighted by Crippen LogP contribution is 2.32. The molecule has 3 rings (SSSR count). The van der Waals surface area contributed by atoms with E-state index in [0.717, 1.165) is 21.2 Å². The van der Waals surface area contributed by atoms with E-state index in [1.54, 1.807) is 6.33 Å². The van der Waals surface area contributed by atoms with Crippen LogP contribution in [-0.4, -0.2) is 38.6 Å². The van der Waals surface area contributed by atoms with E-state index in [1.165, 1.54) is 11.8 Å². The maximum atomic E-state index is 5.91. The Labute approximate surface area is 158 Å². The van der Waals surface area contributed by atoms with Gasteiger partial charge in [-0.05, 0) is 38.1 Å². The Balaban J connectivity index is 1.83. The van der Waals surface area contributed by atoms with E-state index in [9.17, 15) is 0 Å². The monoisotopic (exact) mass is 391 g/mol. The van der Waals surface area contributed by atoms with Crippen LogP contribution in [0, 0.1) is 0 Å². The highest BCUT2D eigenvalue weighted by Gasteiger charge is 2.13. The van der Waals surface area contributed by atoms with Crippen LogP contribution in [0.2, 0.25) is 0 Å². The predicted molar refractivity (Wildman–Crippen MR) is 107 cm³/mol. The van der Waals surface area contributed by atoms with Crippen LogP contribution >= 0.6 is 21.0 Å². The van der Waals surface area contributed by atoms with E-state index in [1.807, 2.05) is 42.7 Å². The molecule has 0 amide bonds. The molecule has 0 aliphatic carbocycles. The zero-order valence-corrected chi connectivity index (χ0v) is 16.7. The first-order valence-electron chi connectivity index (χ1n) is 8.27. The van der Waals surface area contributed by atoms with E-state index in [4.69, 9.17) is 15.2 Å². The number of rotatable bonds is 8. The zero-order valence-electron chi connectivity index (χ0n) is 14.8. The number of nitrogens with zero attached hydrogens (tertiary/aromatic N) is 4. The molecule has 3 aromatic rings. The fraction of sp³-hybridized carbons (Fsp3) is 0.353. The summed E-state index contributed by atoms with van der Waals surface area (Å²) < 4.78 is 13.0. The second-order valence-corrected chi connectivity index (χ2v) is 7.21. The van der Waals surface area contributed by atoms with E-state index >= 15 is 0 Å². The molecule has 9 heteroatoms. The van der Waals surface area contributed by atoms with Crippen molar-refractivity contribution < 1.29 is 9.47 Å². The lowest BCUT2D eigenvalue weighted by atomic mass is 10.3. The molecule has 0 aliphatic heterocycles. The van der Waals surface area contributed by atoms with Crippen LogP contribution < -0.4 is 10.5 Å². The number of anilines is 1. The Morgan fingerprint density at radius 3 is 2.69 bits per heavy atom. The van der Waals surface area contributed by atoms with Crippen molar-refractivity contribution in [2.24, 2.45) is 0 Å². The zero-order chi connectivity index (χ0) is 18.5. The van der Waals surface area contributed by atoms with Crippen LogP contribution in [0.4, 0.5) is 5.95 Å². The number of fused-ring (bicyclic) bond motifs is 1. The van der Waals surface area contributed by atoms with Gasteiger partial charge in [0.15, 0.2) is 5.65 Å². The normalized spacial score (nSPS) is 11.4. The Bertz CT molecular complexity index is 869. The van der Waals surface area contributed by atoms with Crippen molar-refractivity contribution in [3.05, 3.63) is 30.6 Å². The fourth-order valence-electron chi connectivity index (χ4n) is 2.39. The summed E-state index contributed by atoms with van der Waals surface area (Å²) in [6.45, 7) is 5.25. The van der Waals surface area contributed by atoms with Crippen molar-refractivity contribution in [3.8, 4) is 5.75 Å². The van der Waals surface area contributed by atoms with Gasteiger partial charge in [-0.2, -0.15) is 4.98 Å². The maximum absolute atomic E-state index is 5.91. The third kappa shape index (κ3) is 4.63. The largest absolute Gasteiger partial charge is 0.491 e. The van der Waals surface area contributed by atoms with Gasteiger partial charge in [-0.3, -0.25) is 0 Å². The van der Waals surface area contributed by atoms with Gasteiger partial charge < -0.3 is 19.8 Å². The SMILES string of the molecule is CC(C)Oc1ccc(Sc2nc(N)nc3c2ncn3CCOCP)cc1. The molecule has 0 bridgehead atoms. The lowest BCUT2D eigenvalue weighted by molar-refractivity contribution is 0.173. The van der Waals surface area contributed by atoms with Gasteiger partial charge in [0.05, 0.1) is 25.4 Å². The quantitative estimate of drug-likeness (QED) is 0.358. The molecule has 7 nitrogen and oxygen atoms in total. The summed E-state index contributed by atoms with van der Waals surface area (Å²) >= 11 is 1.50. The van der Waals surface area contributed by atoms with E-state index in [-0.39, 0.29) is 12.1 Å². The van der Waals surface area contributed by atoms with Gasteiger partial charge in [0, 0.05) is 11.4 Å². The summed E-state index contributed by atoms with van der Waals surface area (Å²) in [4.78, 5) is 14.2. The summed E-state index contributed by atoms with van der Waals surface area (Å²) in [6.07, 6.45) is 2.49. The Hall–Kier alpha value is -1.89. The maximum Gasteiger partial charge on any atom is 0.223 e. The molecule has 0 aliphatic rings. The van der Waals surface area contributed by atoms with Gasteiger partial charge >= 0.3 is 0 Å². The number of nitrogens with two attached hydrogens (primary N) is 1. The van der Waals surface area contributed by atoms with Crippen molar-refractivity contribution >= 4 is 38.1 Å². The number of benzene rings is 1. The number of imidazole rings is 1. The molecule has 138 valence electrons. The smallest absolute Gasteiger partial charge is 0.223 e. The highest BCUT2D eigenvalue weighted by atomic mass is 32.2. The molecule has 1 aromatic carbocycles. The molecule has 0 fully saturated rings. The van der Waals surface area contributed by atoms with Gasteiger partial charge in [0.1, 0.15) is 16.3 Å². The highest BCUT2D eigenvalue weighted by molar-refractivity contribution is 7.99. The molecule has 1 unspecified atom stereocenters. The lowest BCUT2D eigenvalue weighted by Gasteiger charge is -2.10. The van der Waals surface area contributed by atoms with E-state index in [0.29, 0.717) is 25.1 Å². The molecule has 1 atom stereocenters. The average molecular weight is 391 g/mol. The molecule has 0 saturated carbocycles. The number of aromatic nitrogens is 4. The van der Waals surface area contributed by atoms with Crippen LogP contribution in [0.1, 0.15) is 13.8 Å². The minimum atomic E-state index is 0.147. The number of ether oxygens (including phenoxy) is 2. The second kappa shape index (κ2) is 8.66. The van der Waals surface area contributed by atoms with Crippen LogP contribution in [-0.2, 0) is 11.3 Å². The van der Waals surface area contributed by atoms with Gasteiger partial charge in [-0.1, -0.05) is 11.8 Å². The molecule has 0 saturated heterocycles. The first kappa shape index (κ1) is 18.9. The Morgan fingerprint density at radius 2 is 2.00 bits per heavy atom. The first-order valence-corrected chi connectivity index (χ1v) is 9.91. The average Bonchev–Trinajstić information content (AvgIpc) is 2.99. The first-order chi connectivity index (χ1) is 12.6. The van der Waals surface area contributed by atoms with Gasteiger partial charge in [0.2, 0.25) is 5.95 Å². The molecule has 0 spiro atoms. The minimum Gasteiger partial charge on any atom is -0.491 e. The molecule has 2 heterocycles. The van der Waals surface area contributed by atoms with Crippen molar-refractivity contribution in [2.45, 2.75) is 36.4 Å². The standard InChI is InChI=1S/C17H22N5O2PS/c1-11(2)24-12-3-5-13(6-4-12)26-16-14-15(20-17(18)21-16)22(9-19-14)7-8-23-10-25/h3-6,9,11H,7-8,10,25H2,1-2H3,(H2,18,20,21). The molecule has 0 radical (unpaired) electrons. The number of nitrogen functional groups attached to an aromatic ring is 1. The molecular formula is C17H22N5O2PS. The van der Waals surface area contributed by atoms with Crippen LogP contribution in [0.5, 0.6) is 5.75 Å². The summed E-state index contributed by atoms with van der Waals surface area (Å²) in [6, 6.07) is 7.89.